The molecule has 0 fully saturated rings. The highest BCUT2D eigenvalue weighted by Crippen LogP contribution is 2.36. The van der Waals surface area contributed by atoms with Crippen molar-refractivity contribution in [3.8, 4) is 11.1 Å². The van der Waals surface area contributed by atoms with Crippen LogP contribution >= 0.6 is 23.1 Å². The standard InChI is InChI=1S/C26H27N5O4S3/c1-4-31-21(15-38(34,35)19-8-6-5-7-9-19)29-30-26(31)37-17(3)24(33)28-25-22(23(27)32)20(14-36-25)18-12-10-16(2)11-13-18/h5-14,17H,4,15H2,1-3H3,(H2,27,32)(H,28,33). The van der Waals surface area contributed by atoms with Crippen molar-refractivity contribution in [3.63, 3.8) is 0 Å². The van der Waals surface area contributed by atoms with Crippen LogP contribution in [0.2, 0.25) is 0 Å². The Balaban J connectivity index is 1.50. The molecule has 1 unspecified atom stereocenters. The predicted molar refractivity (Wildman–Crippen MR) is 150 cm³/mol. The number of nitrogens with zero attached hydrogens (tertiary/aromatic N) is 3. The first kappa shape index (κ1) is 27.6. The topological polar surface area (TPSA) is 137 Å². The summed E-state index contributed by atoms with van der Waals surface area (Å²) in [6.07, 6.45) is 0. The highest BCUT2D eigenvalue weighted by atomic mass is 32.2. The predicted octanol–water partition coefficient (Wildman–Crippen LogP) is 4.53. The van der Waals surface area contributed by atoms with Crippen molar-refractivity contribution in [2.24, 2.45) is 5.73 Å². The number of primary amides is 1. The minimum Gasteiger partial charge on any atom is -0.365 e. The lowest BCUT2D eigenvalue weighted by Crippen LogP contribution is -2.24. The Bertz CT molecular complexity index is 1560. The highest BCUT2D eigenvalue weighted by molar-refractivity contribution is 8.00. The molecule has 0 aliphatic carbocycles. The van der Waals surface area contributed by atoms with Crippen LogP contribution in [-0.2, 0) is 26.9 Å². The van der Waals surface area contributed by atoms with Crippen LogP contribution in [0.1, 0.15) is 35.6 Å². The van der Waals surface area contributed by atoms with Gasteiger partial charge in [0.05, 0.1) is 15.7 Å². The van der Waals surface area contributed by atoms with Crippen molar-refractivity contribution in [3.05, 3.63) is 76.9 Å². The van der Waals surface area contributed by atoms with Gasteiger partial charge < -0.3 is 15.6 Å². The van der Waals surface area contributed by atoms with Crippen LogP contribution in [0, 0.1) is 6.92 Å². The van der Waals surface area contributed by atoms with E-state index in [1.165, 1.54) is 11.3 Å². The molecule has 4 rings (SSSR count). The Hall–Kier alpha value is -3.48. The zero-order chi connectivity index (χ0) is 27.4. The second-order valence-corrected chi connectivity index (χ2v) is 12.7. The summed E-state index contributed by atoms with van der Waals surface area (Å²) in [4.78, 5) is 25.6. The number of thiophene rings is 1. The first-order valence-electron chi connectivity index (χ1n) is 11.8. The molecule has 2 heterocycles. The average molecular weight is 570 g/mol. The van der Waals surface area contributed by atoms with Gasteiger partial charge in [-0.15, -0.1) is 21.5 Å². The minimum absolute atomic E-state index is 0.207. The summed E-state index contributed by atoms with van der Waals surface area (Å²) in [6, 6.07) is 15.9. The zero-order valence-corrected chi connectivity index (χ0v) is 23.5. The molecule has 2 aromatic heterocycles. The van der Waals surface area contributed by atoms with E-state index in [-0.39, 0.29) is 22.1 Å². The fourth-order valence-corrected chi connectivity index (χ4v) is 6.98. The Labute approximate surface area is 229 Å². The number of nitrogens with one attached hydrogen (secondary N) is 1. The highest BCUT2D eigenvalue weighted by Gasteiger charge is 2.25. The number of rotatable bonds is 10. The van der Waals surface area contributed by atoms with Gasteiger partial charge in [0.1, 0.15) is 16.6 Å². The van der Waals surface area contributed by atoms with Gasteiger partial charge in [-0.05, 0) is 38.5 Å². The summed E-state index contributed by atoms with van der Waals surface area (Å²) in [5.74, 6) is -0.993. The molecule has 198 valence electrons. The van der Waals surface area contributed by atoms with Crippen molar-refractivity contribution in [1.29, 1.82) is 0 Å². The van der Waals surface area contributed by atoms with E-state index in [1.807, 2.05) is 38.1 Å². The fourth-order valence-electron chi connectivity index (χ4n) is 3.78. The van der Waals surface area contributed by atoms with Crippen LogP contribution in [0.4, 0.5) is 5.00 Å². The minimum atomic E-state index is -3.61. The van der Waals surface area contributed by atoms with Crippen molar-refractivity contribution in [1.82, 2.24) is 14.8 Å². The molecule has 1 atom stereocenters. The van der Waals surface area contributed by atoms with E-state index in [9.17, 15) is 18.0 Å². The van der Waals surface area contributed by atoms with E-state index < -0.39 is 21.0 Å². The van der Waals surface area contributed by atoms with Crippen LogP contribution in [0.3, 0.4) is 0 Å². The SMILES string of the molecule is CCn1c(CS(=O)(=O)c2ccccc2)nnc1SC(C)C(=O)Nc1scc(-c2ccc(C)cc2)c1C(N)=O. The maximum Gasteiger partial charge on any atom is 0.252 e. The lowest BCUT2D eigenvalue weighted by atomic mass is 10.0. The van der Waals surface area contributed by atoms with Crippen LogP contribution in [-0.4, -0.2) is 40.2 Å². The normalized spacial score (nSPS) is 12.3. The molecule has 12 heteroatoms. The maximum absolute atomic E-state index is 13.1. The molecule has 0 radical (unpaired) electrons. The molecule has 0 spiro atoms. The quantitative estimate of drug-likeness (QED) is 0.268. The van der Waals surface area contributed by atoms with Crippen molar-refractivity contribution < 1.29 is 18.0 Å². The number of thioether (sulfide) groups is 1. The summed E-state index contributed by atoms with van der Waals surface area (Å²) in [6.45, 7) is 5.96. The second kappa shape index (κ2) is 11.5. The number of carbonyl (C=O) groups is 2. The first-order chi connectivity index (χ1) is 18.1. The third-order valence-corrected chi connectivity index (χ3v) is 9.42. The number of hydrogen-bond donors (Lipinski definition) is 2. The monoisotopic (exact) mass is 569 g/mol. The average Bonchev–Trinajstić information content (AvgIpc) is 3.48. The van der Waals surface area contributed by atoms with E-state index in [4.69, 9.17) is 5.73 Å². The van der Waals surface area contributed by atoms with E-state index in [0.717, 1.165) is 22.9 Å². The molecule has 0 saturated heterocycles. The Morgan fingerprint density at radius 2 is 1.79 bits per heavy atom. The summed E-state index contributed by atoms with van der Waals surface area (Å²) in [5.41, 5.74) is 8.51. The molecule has 0 bridgehead atoms. The van der Waals surface area contributed by atoms with Crippen LogP contribution < -0.4 is 11.1 Å². The molecule has 0 saturated carbocycles. The molecule has 3 N–H and O–H groups in total. The van der Waals surface area contributed by atoms with Gasteiger partial charge in [-0.25, -0.2) is 8.42 Å². The third-order valence-electron chi connectivity index (χ3n) is 5.82. The van der Waals surface area contributed by atoms with E-state index in [1.54, 1.807) is 47.2 Å². The lowest BCUT2D eigenvalue weighted by molar-refractivity contribution is -0.115. The van der Waals surface area contributed by atoms with Gasteiger partial charge in [0.2, 0.25) is 5.91 Å². The number of aromatic nitrogens is 3. The number of aryl methyl sites for hydroxylation is 1. The van der Waals surface area contributed by atoms with Gasteiger partial charge in [0.25, 0.3) is 5.91 Å². The van der Waals surface area contributed by atoms with Crippen LogP contribution in [0.5, 0.6) is 0 Å². The molecule has 4 aromatic rings. The molecule has 2 amide bonds. The summed E-state index contributed by atoms with van der Waals surface area (Å²) < 4.78 is 27.3. The molecule has 0 aliphatic rings. The van der Waals surface area contributed by atoms with Gasteiger partial charge in [-0.1, -0.05) is 59.8 Å². The summed E-state index contributed by atoms with van der Waals surface area (Å²) in [5, 5.41) is 13.0. The smallest absolute Gasteiger partial charge is 0.252 e. The summed E-state index contributed by atoms with van der Waals surface area (Å²) in [7, 11) is -3.61. The molecular formula is C26H27N5O4S3. The zero-order valence-electron chi connectivity index (χ0n) is 21.0. The van der Waals surface area contributed by atoms with Gasteiger partial charge in [0, 0.05) is 17.5 Å². The molecular weight excluding hydrogens is 543 g/mol. The Morgan fingerprint density at radius 1 is 1.11 bits per heavy atom. The van der Waals surface area contributed by atoms with E-state index in [0.29, 0.717) is 28.1 Å². The number of nitrogens with two attached hydrogens (primary N) is 1. The van der Waals surface area contributed by atoms with Crippen LogP contribution in [0.15, 0.2) is 70.0 Å². The van der Waals surface area contributed by atoms with Gasteiger partial charge >= 0.3 is 0 Å². The van der Waals surface area contributed by atoms with Crippen LogP contribution in [0.25, 0.3) is 11.1 Å². The van der Waals surface area contributed by atoms with Gasteiger partial charge in [-0.2, -0.15) is 0 Å². The number of anilines is 1. The first-order valence-corrected chi connectivity index (χ1v) is 15.2. The Kier molecular flexibility index (Phi) is 8.34. The van der Waals surface area contributed by atoms with Gasteiger partial charge in [-0.3, -0.25) is 9.59 Å². The molecule has 9 nitrogen and oxygen atoms in total. The lowest BCUT2D eigenvalue weighted by Gasteiger charge is -2.13. The largest absolute Gasteiger partial charge is 0.365 e. The Morgan fingerprint density at radius 3 is 2.42 bits per heavy atom. The number of hydrogen-bond acceptors (Lipinski definition) is 8. The second-order valence-electron chi connectivity index (χ2n) is 8.55. The van der Waals surface area contributed by atoms with Gasteiger partial charge in [0.15, 0.2) is 15.0 Å². The number of carbonyl (C=O) groups excluding carboxylic acids is 2. The molecule has 0 aliphatic heterocycles. The summed E-state index contributed by atoms with van der Waals surface area (Å²) >= 11 is 2.38. The number of sulfone groups is 1. The van der Waals surface area contributed by atoms with E-state index in [2.05, 4.69) is 15.5 Å². The number of amides is 2. The van der Waals surface area contributed by atoms with Crippen molar-refractivity contribution >= 4 is 49.8 Å². The van der Waals surface area contributed by atoms with E-state index >= 15 is 0 Å². The maximum atomic E-state index is 13.1. The third kappa shape index (κ3) is 5.98. The number of benzene rings is 2. The van der Waals surface area contributed by atoms with Crippen molar-refractivity contribution in [2.75, 3.05) is 5.32 Å². The molecule has 2 aromatic carbocycles. The fraction of sp³-hybridized carbons (Fsp3) is 0.231. The molecule has 38 heavy (non-hydrogen) atoms. The van der Waals surface area contributed by atoms with Crippen molar-refractivity contribution in [2.45, 2.75) is 48.4 Å².